The number of rotatable bonds is 3. The Morgan fingerprint density at radius 2 is 1.81 bits per heavy atom. The Balaban J connectivity index is 1.77. The summed E-state index contributed by atoms with van der Waals surface area (Å²) in [6.07, 6.45) is 0.0682. The van der Waals surface area contributed by atoms with Gasteiger partial charge in [0.2, 0.25) is 5.91 Å². The topological polar surface area (TPSA) is 53.2 Å². The number of benzene rings is 2. The first-order valence-electron chi connectivity index (χ1n) is 6.29. The highest BCUT2D eigenvalue weighted by atomic mass is 32.1. The van der Waals surface area contributed by atoms with Gasteiger partial charge in [-0.05, 0) is 42.0 Å². The largest absolute Gasteiger partial charge is 0.331 e. The summed E-state index contributed by atoms with van der Waals surface area (Å²) in [5, 5.41) is 3.19. The van der Waals surface area contributed by atoms with Crippen LogP contribution in [0.4, 0.5) is 10.1 Å². The molecule has 0 aliphatic rings. The molecule has 0 saturated heterocycles. The van der Waals surface area contributed by atoms with E-state index in [0.29, 0.717) is 5.56 Å². The van der Waals surface area contributed by atoms with E-state index in [0.717, 1.165) is 5.69 Å². The van der Waals surface area contributed by atoms with Gasteiger partial charge in [0, 0.05) is 5.69 Å². The maximum absolute atomic E-state index is 13.0. The first kappa shape index (κ1) is 14.9. The number of hydrogen-bond acceptors (Lipinski definition) is 2. The molecule has 2 rings (SSSR count). The first-order valence-corrected chi connectivity index (χ1v) is 6.69. The highest BCUT2D eigenvalue weighted by Crippen LogP contribution is 2.05. The van der Waals surface area contributed by atoms with Crippen LogP contribution in [0.15, 0.2) is 54.6 Å². The molecule has 0 fully saturated rings. The van der Waals surface area contributed by atoms with Crippen LogP contribution in [0, 0.1) is 5.82 Å². The number of hydrogen-bond donors (Lipinski definition) is 3. The summed E-state index contributed by atoms with van der Waals surface area (Å²) >= 11 is 5.04. The van der Waals surface area contributed by atoms with Crippen molar-refractivity contribution < 1.29 is 9.18 Å². The van der Waals surface area contributed by atoms with Gasteiger partial charge in [0.15, 0.2) is 5.11 Å². The maximum atomic E-state index is 13.0. The van der Waals surface area contributed by atoms with Crippen LogP contribution >= 0.6 is 12.2 Å². The van der Waals surface area contributed by atoms with Crippen molar-refractivity contribution in [1.82, 2.24) is 10.9 Å². The van der Waals surface area contributed by atoms with Crippen molar-refractivity contribution in [3.05, 3.63) is 66.0 Å². The molecule has 0 atom stereocenters. The third-order valence-electron chi connectivity index (χ3n) is 2.60. The molecule has 0 aromatic heterocycles. The third-order valence-corrected chi connectivity index (χ3v) is 2.80. The van der Waals surface area contributed by atoms with Crippen LogP contribution in [0.25, 0.3) is 0 Å². The van der Waals surface area contributed by atoms with Crippen molar-refractivity contribution in [1.29, 1.82) is 0 Å². The van der Waals surface area contributed by atoms with Gasteiger partial charge in [0.1, 0.15) is 5.82 Å². The molecule has 0 aliphatic heterocycles. The summed E-state index contributed by atoms with van der Waals surface area (Å²) in [6.45, 7) is 0. The van der Waals surface area contributed by atoms with Gasteiger partial charge in [-0.1, -0.05) is 30.3 Å². The first-order chi connectivity index (χ1) is 10.1. The SMILES string of the molecule is O=C(Cc1cccc(F)c1)NNC(=S)Nc1ccccc1. The average molecular weight is 303 g/mol. The van der Waals surface area contributed by atoms with E-state index in [1.54, 1.807) is 12.1 Å². The van der Waals surface area contributed by atoms with Gasteiger partial charge >= 0.3 is 0 Å². The number of hydrazine groups is 1. The summed E-state index contributed by atoms with van der Waals surface area (Å²) in [7, 11) is 0. The molecule has 1 amide bonds. The Kier molecular flexibility index (Phi) is 5.22. The van der Waals surface area contributed by atoms with Crippen LogP contribution in [0.1, 0.15) is 5.56 Å². The zero-order valence-corrected chi connectivity index (χ0v) is 11.9. The van der Waals surface area contributed by atoms with Crippen LogP contribution < -0.4 is 16.2 Å². The van der Waals surface area contributed by atoms with Gasteiger partial charge in [-0.15, -0.1) is 0 Å². The molecule has 4 nitrogen and oxygen atoms in total. The fraction of sp³-hybridized carbons (Fsp3) is 0.0667. The minimum absolute atomic E-state index is 0.0682. The predicted molar refractivity (Wildman–Crippen MR) is 84.0 cm³/mol. The summed E-state index contributed by atoms with van der Waals surface area (Å²) in [5.41, 5.74) is 6.46. The molecule has 3 N–H and O–H groups in total. The summed E-state index contributed by atoms with van der Waals surface area (Å²) < 4.78 is 13.0. The van der Waals surface area contributed by atoms with Gasteiger partial charge < -0.3 is 5.32 Å². The van der Waals surface area contributed by atoms with Crippen molar-refractivity contribution in [3.8, 4) is 0 Å². The summed E-state index contributed by atoms with van der Waals surface area (Å²) in [5.74, 6) is -0.674. The number of nitrogens with one attached hydrogen (secondary N) is 3. The Bertz CT molecular complexity index is 634. The second-order valence-electron chi connectivity index (χ2n) is 4.30. The maximum Gasteiger partial charge on any atom is 0.242 e. The molecule has 108 valence electrons. The molecule has 6 heteroatoms. The van der Waals surface area contributed by atoms with E-state index in [2.05, 4.69) is 16.2 Å². The monoisotopic (exact) mass is 303 g/mol. The molecule has 0 unspecified atom stereocenters. The molecule has 0 aliphatic carbocycles. The minimum Gasteiger partial charge on any atom is -0.331 e. The van der Waals surface area contributed by atoms with E-state index in [9.17, 15) is 9.18 Å². The Hall–Kier alpha value is -2.47. The molecule has 0 heterocycles. The molecule has 0 saturated carbocycles. The van der Waals surface area contributed by atoms with Crippen molar-refractivity contribution in [2.24, 2.45) is 0 Å². The highest BCUT2D eigenvalue weighted by Gasteiger charge is 2.04. The molecule has 2 aromatic rings. The van der Waals surface area contributed by atoms with E-state index in [4.69, 9.17) is 12.2 Å². The van der Waals surface area contributed by atoms with Gasteiger partial charge in [-0.25, -0.2) is 4.39 Å². The number of thiocarbonyl (C=S) groups is 1. The van der Waals surface area contributed by atoms with Crippen LogP contribution in [0.5, 0.6) is 0 Å². The smallest absolute Gasteiger partial charge is 0.242 e. The normalized spacial score (nSPS) is 9.76. The molecule has 0 bridgehead atoms. The third kappa shape index (κ3) is 5.19. The number of anilines is 1. The van der Waals surface area contributed by atoms with Crippen LogP contribution in [0.2, 0.25) is 0 Å². The summed E-state index contributed by atoms with van der Waals surface area (Å²) in [4.78, 5) is 11.7. The lowest BCUT2D eigenvalue weighted by molar-refractivity contribution is -0.120. The van der Waals surface area contributed by atoms with Crippen LogP contribution in [-0.2, 0) is 11.2 Å². The van der Waals surface area contributed by atoms with Gasteiger partial charge in [-0.2, -0.15) is 0 Å². The molecular formula is C15H14FN3OS. The Morgan fingerprint density at radius 3 is 2.52 bits per heavy atom. The molecule has 21 heavy (non-hydrogen) atoms. The summed E-state index contributed by atoms with van der Waals surface area (Å²) in [6, 6.07) is 15.2. The quantitative estimate of drug-likeness (QED) is 0.602. The fourth-order valence-electron chi connectivity index (χ4n) is 1.69. The fourth-order valence-corrected chi connectivity index (χ4v) is 1.86. The number of halogens is 1. The average Bonchev–Trinajstić information content (AvgIpc) is 2.46. The molecule has 0 radical (unpaired) electrons. The van der Waals surface area contributed by atoms with Gasteiger partial charge in [0.25, 0.3) is 0 Å². The highest BCUT2D eigenvalue weighted by molar-refractivity contribution is 7.80. The van der Waals surface area contributed by atoms with E-state index in [1.807, 2.05) is 30.3 Å². The number of carbonyl (C=O) groups is 1. The Morgan fingerprint density at radius 1 is 1.05 bits per heavy atom. The molecule has 0 spiro atoms. The molecule has 2 aromatic carbocycles. The van der Waals surface area contributed by atoms with E-state index in [1.165, 1.54) is 12.1 Å². The second-order valence-corrected chi connectivity index (χ2v) is 4.71. The number of carbonyl (C=O) groups excluding carboxylic acids is 1. The van der Waals surface area contributed by atoms with E-state index < -0.39 is 0 Å². The number of amides is 1. The zero-order valence-electron chi connectivity index (χ0n) is 11.1. The van der Waals surface area contributed by atoms with E-state index >= 15 is 0 Å². The van der Waals surface area contributed by atoms with Gasteiger partial charge in [0.05, 0.1) is 6.42 Å². The molecular weight excluding hydrogens is 289 g/mol. The van der Waals surface area contributed by atoms with Crippen LogP contribution in [-0.4, -0.2) is 11.0 Å². The van der Waals surface area contributed by atoms with Crippen molar-refractivity contribution in [3.63, 3.8) is 0 Å². The zero-order chi connectivity index (χ0) is 15.1. The second kappa shape index (κ2) is 7.35. The van der Waals surface area contributed by atoms with Gasteiger partial charge in [-0.3, -0.25) is 15.6 Å². The lowest BCUT2D eigenvalue weighted by Crippen LogP contribution is -2.44. The predicted octanol–water partition coefficient (Wildman–Crippen LogP) is 2.39. The Labute approximate surface area is 127 Å². The van der Waals surface area contributed by atoms with E-state index in [-0.39, 0.29) is 23.3 Å². The lowest BCUT2D eigenvalue weighted by Gasteiger charge is -2.11. The van der Waals surface area contributed by atoms with Crippen LogP contribution in [0.3, 0.4) is 0 Å². The minimum atomic E-state index is -0.366. The lowest BCUT2D eigenvalue weighted by atomic mass is 10.1. The standard InChI is InChI=1S/C15H14FN3OS/c16-12-6-4-5-11(9-12)10-14(20)18-19-15(21)17-13-7-2-1-3-8-13/h1-9H,10H2,(H,18,20)(H2,17,19,21). The van der Waals surface area contributed by atoms with Crippen molar-refractivity contribution in [2.45, 2.75) is 6.42 Å². The van der Waals surface area contributed by atoms with Crippen molar-refractivity contribution in [2.75, 3.05) is 5.32 Å². The number of para-hydroxylation sites is 1. The van der Waals surface area contributed by atoms with Crippen molar-refractivity contribution >= 4 is 28.9 Å².